The minimum Gasteiger partial charge on any atom is -0.370 e. The zero-order valence-electron chi connectivity index (χ0n) is 27.6. The summed E-state index contributed by atoms with van der Waals surface area (Å²) in [6, 6.07) is 27.6. The van der Waals surface area contributed by atoms with Gasteiger partial charge in [-0.3, -0.25) is 0 Å². The maximum atomic E-state index is 2.61. The third kappa shape index (κ3) is 7.28. The van der Waals surface area contributed by atoms with E-state index in [4.69, 9.17) is 0 Å². The predicted molar refractivity (Wildman–Crippen MR) is 208 cm³/mol. The van der Waals surface area contributed by atoms with E-state index in [-0.39, 0.29) is 0 Å². The van der Waals surface area contributed by atoms with Crippen molar-refractivity contribution in [3.8, 4) is 0 Å². The fourth-order valence-corrected chi connectivity index (χ4v) is 11.1. The molecule has 2 saturated heterocycles. The first-order valence-electron chi connectivity index (χ1n) is 17.6. The molecule has 0 amide bonds. The van der Waals surface area contributed by atoms with E-state index in [1.54, 1.807) is 0 Å². The van der Waals surface area contributed by atoms with Crippen molar-refractivity contribution in [2.45, 2.75) is 74.2 Å². The Morgan fingerprint density at radius 1 is 0.479 bits per heavy atom. The highest BCUT2D eigenvalue weighted by Crippen LogP contribution is 2.38. The van der Waals surface area contributed by atoms with Gasteiger partial charge in [-0.15, -0.1) is 22.7 Å². The van der Waals surface area contributed by atoms with Gasteiger partial charge in [0.1, 0.15) is 9.40 Å². The highest BCUT2D eigenvalue weighted by Gasteiger charge is 2.21. The third-order valence-corrected chi connectivity index (χ3v) is 14.1. The van der Waals surface area contributed by atoms with Crippen molar-refractivity contribution in [1.29, 1.82) is 0 Å². The van der Waals surface area contributed by atoms with Crippen LogP contribution in [0.3, 0.4) is 0 Å². The molecule has 8 rings (SSSR count). The molecule has 4 nitrogen and oxygen atoms in total. The van der Waals surface area contributed by atoms with E-state index >= 15 is 0 Å². The summed E-state index contributed by atoms with van der Waals surface area (Å²) in [6.45, 7) is 6.52. The van der Waals surface area contributed by atoms with Gasteiger partial charge in [0.15, 0.2) is 25.5 Å². The normalized spacial score (nSPS) is 16.0. The van der Waals surface area contributed by atoms with Crippen LogP contribution in [0.4, 0.5) is 11.4 Å². The monoisotopic (exact) mass is 708 g/mol. The highest BCUT2D eigenvalue weighted by molar-refractivity contribution is 8.76. The summed E-state index contributed by atoms with van der Waals surface area (Å²) in [7, 11) is 3.68. The molecular weight excluding hydrogens is 665 g/mol. The first kappa shape index (κ1) is 32.2. The largest absolute Gasteiger partial charge is 0.370 e. The molecule has 0 N–H and O–H groups in total. The minimum absolute atomic E-state index is 0.893. The number of thiophene rings is 2. The van der Waals surface area contributed by atoms with Gasteiger partial charge in [0.05, 0.1) is 11.4 Å². The van der Waals surface area contributed by atoms with Gasteiger partial charge < -0.3 is 9.80 Å². The molecular formula is C40H44N4S4+2. The van der Waals surface area contributed by atoms with Crippen molar-refractivity contribution in [3.63, 3.8) is 0 Å². The number of nitrogens with zero attached hydrogens (tertiary/aromatic N) is 4. The van der Waals surface area contributed by atoms with E-state index in [2.05, 4.69) is 115 Å². The Bertz CT molecular complexity index is 1800. The second kappa shape index (κ2) is 15.2. The van der Waals surface area contributed by atoms with Crippen LogP contribution in [0.1, 0.15) is 62.5 Å². The lowest BCUT2D eigenvalue weighted by atomic mass is 10.2. The van der Waals surface area contributed by atoms with Gasteiger partial charge in [-0.1, -0.05) is 71.5 Å². The molecule has 0 saturated carbocycles. The van der Waals surface area contributed by atoms with Crippen LogP contribution in [0.5, 0.6) is 0 Å². The summed E-state index contributed by atoms with van der Waals surface area (Å²) in [4.78, 5) is 7.80. The molecule has 2 aromatic carbocycles. The molecule has 2 fully saturated rings. The summed E-state index contributed by atoms with van der Waals surface area (Å²) in [6.07, 6.45) is 15.3. The van der Waals surface area contributed by atoms with Crippen molar-refractivity contribution in [2.24, 2.45) is 0 Å². The van der Waals surface area contributed by atoms with Crippen molar-refractivity contribution >= 4 is 76.1 Å². The van der Waals surface area contributed by atoms with E-state index < -0.39 is 0 Å². The second-order valence-electron chi connectivity index (χ2n) is 13.2. The van der Waals surface area contributed by atoms with Gasteiger partial charge in [-0.05, 0) is 60.7 Å². The number of rotatable bonds is 9. The van der Waals surface area contributed by atoms with Crippen LogP contribution < -0.4 is 18.9 Å². The molecule has 0 unspecified atom stereocenters. The van der Waals surface area contributed by atoms with E-state index in [1.165, 1.54) is 130 Å². The fourth-order valence-electron chi connectivity index (χ4n) is 7.26. The topological polar surface area (TPSA) is 14.2 Å². The molecule has 0 spiro atoms. The molecule has 0 radical (unpaired) electrons. The minimum atomic E-state index is 0.893. The van der Waals surface area contributed by atoms with Crippen LogP contribution in [0.2, 0.25) is 0 Å². The van der Waals surface area contributed by atoms with E-state index in [0.29, 0.717) is 0 Å². The van der Waals surface area contributed by atoms with Crippen molar-refractivity contribution in [3.05, 3.63) is 107 Å². The summed E-state index contributed by atoms with van der Waals surface area (Å²) in [5.74, 6) is 0. The number of hydrogen-bond acceptors (Lipinski definition) is 6. The molecule has 0 atom stereocenters. The summed E-state index contributed by atoms with van der Waals surface area (Å²) < 4.78 is 7.68. The van der Waals surface area contributed by atoms with Crippen molar-refractivity contribution in [1.82, 2.24) is 0 Å². The Morgan fingerprint density at radius 2 is 0.875 bits per heavy atom. The molecule has 2 aliphatic rings. The van der Waals surface area contributed by atoms with Gasteiger partial charge in [-0.25, -0.2) is 0 Å². The lowest BCUT2D eigenvalue weighted by Crippen LogP contribution is -2.35. The molecule has 6 aromatic rings. The second-order valence-corrected chi connectivity index (χ2v) is 17.3. The fraction of sp³-hybridized carbons (Fsp3) is 0.350. The van der Waals surface area contributed by atoms with E-state index in [0.717, 1.165) is 13.1 Å². The maximum absolute atomic E-state index is 2.61. The molecule has 4 aromatic heterocycles. The number of pyridine rings is 2. The smallest absolute Gasteiger partial charge is 0.225 e. The maximum Gasteiger partial charge on any atom is 0.225 e. The molecule has 246 valence electrons. The Hall–Kier alpha value is -3.04. The number of benzene rings is 2. The van der Waals surface area contributed by atoms with Gasteiger partial charge >= 0.3 is 0 Å². The Morgan fingerprint density at radius 3 is 1.27 bits per heavy atom. The van der Waals surface area contributed by atoms with Crippen LogP contribution in [0, 0.1) is 0 Å². The Balaban J connectivity index is 0.881. The highest BCUT2D eigenvalue weighted by atomic mass is 33.1. The van der Waals surface area contributed by atoms with Gasteiger partial charge in [0, 0.05) is 71.4 Å². The molecule has 0 aliphatic carbocycles. The number of anilines is 2. The average Bonchev–Trinajstić information content (AvgIpc) is 3.65. The zero-order chi connectivity index (χ0) is 32.1. The standard InChI is InChI=1S/C40H44N4S4/c1-2-6-22-41(21-5-1)35-17-25-43(37-19-27-45-39(35)37)29-31-9-13-33(14-10-31)47-48-34-15-11-32(12-16-34)30-44-26-18-36(40-38(44)20-28-46-40)42-23-7-3-4-8-24-42/h9-20,25-28H,1-8,21-24,29-30H2/q+2. The number of hydrogen-bond donors (Lipinski definition) is 0. The predicted octanol–water partition coefficient (Wildman–Crippen LogP) is 10.3. The first-order chi connectivity index (χ1) is 23.8. The summed E-state index contributed by atoms with van der Waals surface area (Å²) >= 11 is 3.77. The van der Waals surface area contributed by atoms with Crippen LogP contribution in [-0.2, 0) is 13.1 Å². The van der Waals surface area contributed by atoms with Gasteiger partial charge in [-0.2, -0.15) is 9.13 Å². The van der Waals surface area contributed by atoms with Gasteiger partial charge in [0.25, 0.3) is 0 Å². The Kier molecular flexibility index (Phi) is 10.2. The first-order valence-corrected chi connectivity index (χ1v) is 21.5. The average molecular weight is 709 g/mol. The lowest BCUT2D eigenvalue weighted by Gasteiger charge is -2.22. The lowest BCUT2D eigenvalue weighted by molar-refractivity contribution is -0.662. The SMILES string of the molecule is c1cc2c(s1)c(N1CCCCCC1)cc[n+]2Cc1ccc(SSc2ccc(C[n+]3ccc(N4CCCCCC4)c4sccc43)cc2)cc1. The zero-order valence-corrected chi connectivity index (χ0v) is 30.8. The molecule has 6 heterocycles. The number of aromatic nitrogens is 2. The van der Waals surface area contributed by atoms with Gasteiger partial charge in [0.2, 0.25) is 11.0 Å². The van der Waals surface area contributed by atoms with Crippen LogP contribution >= 0.6 is 44.3 Å². The summed E-state index contributed by atoms with van der Waals surface area (Å²) in [5.41, 5.74) is 8.22. The van der Waals surface area contributed by atoms with Crippen LogP contribution in [0.25, 0.3) is 20.4 Å². The molecule has 2 aliphatic heterocycles. The van der Waals surface area contributed by atoms with Crippen molar-refractivity contribution in [2.75, 3.05) is 36.0 Å². The molecule has 8 heteroatoms. The number of fused-ring (bicyclic) bond motifs is 2. The van der Waals surface area contributed by atoms with E-state index in [9.17, 15) is 0 Å². The Labute approximate surface area is 300 Å². The van der Waals surface area contributed by atoms with Crippen LogP contribution in [-0.4, -0.2) is 26.2 Å². The third-order valence-electron chi connectivity index (χ3n) is 9.88. The molecule has 0 bridgehead atoms. The quantitative estimate of drug-likeness (QED) is 0.110. The summed E-state index contributed by atoms with van der Waals surface area (Å²) in [5, 5.41) is 4.50. The van der Waals surface area contributed by atoms with Crippen LogP contribution in [0.15, 0.2) is 106 Å². The van der Waals surface area contributed by atoms with Crippen molar-refractivity contribution < 1.29 is 9.13 Å². The van der Waals surface area contributed by atoms with E-state index in [1.807, 2.05) is 44.3 Å². The molecule has 48 heavy (non-hydrogen) atoms.